The lowest BCUT2D eigenvalue weighted by atomic mass is 9.99. The van der Waals surface area contributed by atoms with E-state index in [0.29, 0.717) is 34.5 Å². The molecule has 1 aliphatic rings. The number of thioether (sulfide) groups is 1. The maximum Gasteiger partial charge on any atom is 0.246 e. The number of ether oxygens (including phenoxy) is 1. The summed E-state index contributed by atoms with van der Waals surface area (Å²) in [4.78, 5) is 11.3. The SMILES string of the molecule is COc1cc(Cl)cc(-c2cc(N=O)cc(C3=N[NH+]=C(SCc4nn[nH]n4)C3)c2)c1.[OH-]. The van der Waals surface area contributed by atoms with E-state index in [-0.39, 0.29) is 5.48 Å². The van der Waals surface area contributed by atoms with Crippen LogP contribution in [0.3, 0.4) is 0 Å². The lowest BCUT2D eigenvalue weighted by Gasteiger charge is -2.09. The molecule has 0 amide bonds. The lowest BCUT2D eigenvalue weighted by Crippen LogP contribution is -2.62. The van der Waals surface area contributed by atoms with Crippen LogP contribution >= 0.6 is 23.4 Å². The molecule has 154 valence electrons. The van der Waals surface area contributed by atoms with Crippen LogP contribution < -0.4 is 9.84 Å². The summed E-state index contributed by atoms with van der Waals surface area (Å²) in [6, 6.07) is 10.8. The second-order valence-corrected chi connectivity index (χ2v) is 7.63. The van der Waals surface area contributed by atoms with Crippen LogP contribution in [-0.4, -0.2) is 44.0 Å². The summed E-state index contributed by atoms with van der Waals surface area (Å²) in [5.41, 5.74) is 3.55. The fraction of sp³-hybridized carbons (Fsp3) is 0.167. The highest BCUT2D eigenvalue weighted by Crippen LogP contribution is 2.32. The van der Waals surface area contributed by atoms with E-state index in [1.807, 2.05) is 18.2 Å². The van der Waals surface area contributed by atoms with Crippen LogP contribution in [0.2, 0.25) is 5.02 Å². The van der Waals surface area contributed by atoms with Gasteiger partial charge in [-0.05, 0) is 57.8 Å². The Bertz CT molecular complexity index is 1120. The molecule has 0 saturated heterocycles. The smallest absolute Gasteiger partial charge is 0.246 e. The fourth-order valence-electron chi connectivity index (χ4n) is 2.85. The monoisotopic (exact) mass is 445 g/mol. The van der Waals surface area contributed by atoms with Gasteiger partial charge in [-0.2, -0.15) is 5.21 Å². The van der Waals surface area contributed by atoms with Crippen molar-refractivity contribution < 1.29 is 15.3 Å². The number of rotatable bonds is 6. The molecule has 1 aromatic heterocycles. The number of hydrogen-bond acceptors (Lipinski definition) is 9. The Morgan fingerprint density at radius 1 is 1.20 bits per heavy atom. The maximum absolute atomic E-state index is 11.3. The number of nitrogens with zero attached hydrogens (tertiary/aromatic N) is 5. The van der Waals surface area contributed by atoms with Crippen molar-refractivity contribution in [3.8, 4) is 16.9 Å². The quantitative estimate of drug-likeness (QED) is 0.552. The highest BCUT2D eigenvalue weighted by molar-refractivity contribution is 8.13. The number of methoxy groups -OCH3 is 1. The van der Waals surface area contributed by atoms with Gasteiger partial charge in [-0.25, -0.2) is 0 Å². The van der Waals surface area contributed by atoms with Crippen LogP contribution in [-0.2, 0) is 5.75 Å². The van der Waals surface area contributed by atoms with Crippen molar-refractivity contribution in [1.82, 2.24) is 20.6 Å². The zero-order valence-corrected chi connectivity index (χ0v) is 17.2. The second-order valence-electron chi connectivity index (χ2n) is 6.13. The summed E-state index contributed by atoms with van der Waals surface area (Å²) in [5, 5.41) is 25.9. The molecule has 10 nitrogen and oxygen atoms in total. The fourth-order valence-corrected chi connectivity index (χ4v) is 3.85. The van der Waals surface area contributed by atoms with Gasteiger partial charge in [0.15, 0.2) is 5.82 Å². The molecule has 0 bridgehead atoms. The Morgan fingerprint density at radius 3 is 2.73 bits per heavy atom. The number of aromatic amines is 1. The molecule has 30 heavy (non-hydrogen) atoms. The van der Waals surface area contributed by atoms with Crippen LogP contribution in [0.25, 0.3) is 11.1 Å². The molecule has 2 heterocycles. The van der Waals surface area contributed by atoms with Crippen LogP contribution in [0, 0.1) is 4.91 Å². The van der Waals surface area contributed by atoms with E-state index in [0.717, 1.165) is 27.4 Å². The minimum atomic E-state index is 0. The van der Waals surface area contributed by atoms with Crippen molar-refractivity contribution in [3.63, 3.8) is 0 Å². The van der Waals surface area contributed by atoms with Crippen molar-refractivity contribution in [2.24, 2.45) is 10.3 Å². The standard InChI is InChI=1S/C18H14ClN7O2S.H2O/c1-28-15-6-11(3-13(19)7-15)10-2-12(5-14(4-10)24-27)16-8-18(23-20-16)29-9-17-21-25-26-22-17;/h2-7H,8-9H2,1H3,(H,21,22,25,26);1H2. The lowest BCUT2D eigenvalue weighted by molar-refractivity contribution is -0.455. The van der Waals surface area contributed by atoms with Gasteiger partial charge in [-0.3, -0.25) is 0 Å². The third-order valence-corrected chi connectivity index (χ3v) is 5.41. The predicted molar refractivity (Wildman–Crippen MR) is 113 cm³/mol. The van der Waals surface area contributed by atoms with Crippen molar-refractivity contribution in [2.75, 3.05) is 7.11 Å². The van der Waals surface area contributed by atoms with Gasteiger partial charge in [-0.15, -0.1) is 15.1 Å². The molecular formula is C18H16ClN7O3S. The van der Waals surface area contributed by atoms with Gasteiger partial charge in [0.2, 0.25) is 5.04 Å². The van der Waals surface area contributed by atoms with E-state index in [4.69, 9.17) is 16.3 Å². The molecule has 3 N–H and O–H groups in total. The minimum absolute atomic E-state index is 0. The summed E-state index contributed by atoms with van der Waals surface area (Å²) in [6.45, 7) is 0. The Balaban J connectivity index is 0.00000256. The summed E-state index contributed by atoms with van der Waals surface area (Å²) in [6.07, 6.45) is 0.600. The number of hydrogen-bond donors (Lipinski definition) is 2. The Kier molecular flexibility index (Phi) is 6.87. The van der Waals surface area contributed by atoms with Crippen LogP contribution in [0.1, 0.15) is 17.8 Å². The van der Waals surface area contributed by atoms with E-state index >= 15 is 0 Å². The molecule has 12 heteroatoms. The predicted octanol–water partition coefficient (Wildman–Crippen LogP) is 2.27. The topological polar surface area (TPSA) is 149 Å². The first-order valence-electron chi connectivity index (χ1n) is 8.52. The maximum atomic E-state index is 11.3. The molecule has 4 rings (SSSR count). The van der Waals surface area contributed by atoms with E-state index in [2.05, 4.69) is 36.0 Å². The number of halogens is 1. The molecule has 3 aromatic rings. The summed E-state index contributed by atoms with van der Waals surface area (Å²) in [7, 11) is 1.58. The first-order valence-corrected chi connectivity index (χ1v) is 9.88. The molecule has 0 fully saturated rings. The second kappa shape index (κ2) is 9.57. The highest BCUT2D eigenvalue weighted by Gasteiger charge is 2.23. The normalized spacial score (nSPS) is 12.7. The molecule has 2 aromatic carbocycles. The van der Waals surface area contributed by atoms with Gasteiger partial charge in [0.25, 0.3) is 0 Å². The summed E-state index contributed by atoms with van der Waals surface area (Å²) in [5.74, 6) is 1.82. The first kappa shape index (κ1) is 21.6. The van der Waals surface area contributed by atoms with Gasteiger partial charge < -0.3 is 10.2 Å². The van der Waals surface area contributed by atoms with E-state index in [1.165, 1.54) is 0 Å². The summed E-state index contributed by atoms with van der Waals surface area (Å²) >= 11 is 7.74. The zero-order valence-electron chi connectivity index (χ0n) is 15.7. The van der Waals surface area contributed by atoms with E-state index in [9.17, 15) is 4.91 Å². The van der Waals surface area contributed by atoms with Gasteiger partial charge in [-0.1, -0.05) is 33.7 Å². The first-order chi connectivity index (χ1) is 14.1. The number of aromatic nitrogens is 4. The van der Waals surface area contributed by atoms with Crippen molar-refractivity contribution >= 4 is 39.8 Å². The molecule has 1 aliphatic heterocycles. The van der Waals surface area contributed by atoms with Crippen molar-refractivity contribution in [3.05, 3.63) is 57.7 Å². The number of nitrogens with one attached hydrogen (secondary N) is 2. The molecule has 0 unspecified atom stereocenters. The number of H-pyrrole nitrogens is 1. The van der Waals surface area contributed by atoms with Crippen molar-refractivity contribution in [2.45, 2.75) is 12.2 Å². The Hall–Kier alpha value is -3.15. The van der Waals surface area contributed by atoms with Gasteiger partial charge >= 0.3 is 0 Å². The van der Waals surface area contributed by atoms with Crippen LogP contribution in [0.5, 0.6) is 5.75 Å². The molecule has 0 spiro atoms. The largest absolute Gasteiger partial charge is 0.870 e. The zero-order chi connectivity index (χ0) is 20.2. The summed E-state index contributed by atoms with van der Waals surface area (Å²) < 4.78 is 5.29. The third-order valence-electron chi connectivity index (χ3n) is 4.21. The average molecular weight is 446 g/mol. The number of tetrazole rings is 1. The minimum Gasteiger partial charge on any atom is -0.870 e. The number of nitroso groups, excluding NO2 is 1. The van der Waals surface area contributed by atoms with Crippen LogP contribution in [0.15, 0.2) is 46.7 Å². The van der Waals surface area contributed by atoms with Crippen molar-refractivity contribution in [1.29, 1.82) is 0 Å². The highest BCUT2D eigenvalue weighted by atomic mass is 35.5. The molecule has 0 atom stereocenters. The Labute approximate surface area is 180 Å². The van der Waals surface area contributed by atoms with Gasteiger partial charge in [0, 0.05) is 10.6 Å². The Morgan fingerprint density at radius 2 is 2.00 bits per heavy atom. The van der Waals surface area contributed by atoms with Gasteiger partial charge in [0.1, 0.15) is 17.1 Å². The third kappa shape index (κ3) is 4.87. The number of benzene rings is 2. The van der Waals surface area contributed by atoms with E-state index < -0.39 is 0 Å². The molecular weight excluding hydrogens is 430 g/mol. The molecule has 0 aliphatic carbocycles. The molecule has 0 radical (unpaired) electrons. The van der Waals surface area contributed by atoms with E-state index in [1.54, 1.807) is 37.1 Å². The number of hydrazone groups is 1. The average Bonchev–Trinajstić information content (AvgIpc) is 3.43. The van der Waals surface area contributed by atoms with Crippen LogP contribution in [0.4, 0.5) is 5.69 Å². The van der Waals surface area contributed by atoms with Gasteiger partial charge in [0.05, 0.1) is 19.3 Å². The molecule has 0 saturated carbocycles.